The van der Waals surface area contributed by atoms with E-state index >= 15 is 0 Å². The highest BCUT2D eigenvalue weighted by Gasteiger charge is 2.77. The molecule has 8 nitrogen and oxygen atoms in total. The predicted molar refractivity (Wildman–Crippen MR) is 138 cm³/mol. The standard InChI is InChI=1S/C30H34N2O6/c33-27(35-18-20-4-2-1-3-5-20)31-22-9-8-21-16-23-29(34)10-11-30(36-14-15-37-30)26-28(29,24(21)25(22)38-26)12-13-32(23)17-19-6-7-19/h1-5,8-9,19,23,26,34H,6-7,10-18H2,(H,31,33)/t23-,26-,28+,29-/m1/s1. The molecule has 3 aliphatic carbocycles. The lowest BCUT2D eigenvalue weighted by molar-refractivity contribution is -0.296. The Morgan fingerprint density at radius 3 is 2.68 bits per heavy atom. The average molecular weight is 519 g/mol. The van der Waals surface area contributed by atoms with Gasteiger partial charge in [0.25, 0.3) is 0 Å². The van der Waals surface area contributed by atoms with Crippen molar-refractivity contribution in [2.75, 3.05) is 31.6 Å². The molecule has 4 fully saturated rings. The molecular weight excluding hydrogens is 484 g/mol. The van der Waals surface area contributed by atoms with Crippen LogP contribution in [0.25, 0.3) is 0 Å². The number of amides is 1. The summed E-state index contributed by atoms with van der Waals surface area (Å²) in [4.78, 5) is 15.4. The Bertz CT molecular complexity index is 1280. The minimum Gasteiger partial charge on any atom is -0.481 e. The Balaban J connectivity index is 1.17. The molecule has 2 aromatic carbocycles. The van der Waals surface area contributed by atoms with Crippen molar-refractivity contribution in [2.45, 2.75) is 74.1 Å². The number of rotatable bonds is 5. The molecule has 3 aliphatic heterocycles. The van der Waals surface area contributed by atoms with Crippen LogP contribution in [0.2, 0.25) is 0 Å². The second kappa shape index (κ2) is 8.18. The van der Waals surface area contributed by atoms with Crippen LogP contribution in [-0.2, 0) is 32.7 Å². The van der Waals surface area contributed by atoms with E-state index in [4.69, 9.17) is 18.9 Å². The summed E-state index contributed by atoms with van der Waals surface area (Å²) in [5, 5.41) is 15.6. The fraction of sp³-hybridized carbons (Fsp3) is 0.567. The van der Waals surface area contributed by atoms with Gasteiger partial charge in [-0.05, 0) is 61.8 Å². The molecular formula is C30H34N2O6. The van der Waals surface area contributed by atoms with E-state index in [1.165, 1.54) is 18.4 Å². The maximum atomic E-state index is 12.8. The summed E-state index contributed by atoms with van der Waals surface area (Å²) in [7, 11) is 0. The van der Waals surface area contributed by atoms with Gasteiger partial charge >= 0.3 is 6.09 Å². The fourth-order valence-corrected chi connectivity index (χ4v) is 8.19. The van der Waals surface area contributed by atoms with E-state index in [1.807, 2.05) is 36.4 Å². The minimum absolute atomic E-state index is 0.0369. The SMILES string of the molecule is O=C(Nc1ccc2c3c1O[C@H]1C4(CC[C@@]5(O)[C@@H](C2)N(CC2CC2)CC[C@]315)OCCO4)OCc1ccccc1. The molecule has 2 aromatic rings. The number of likely N-dealkylation sites (tertiary alicyclic amines) is 1. The summed E-state index contributed by atoms with van der Waals surface area (Å²) in [6.07, 6.45) is 4.32. The Morgan fingerprint density at radius 1 is 1.08 bits per heavy atom. The van der Waals surface area contributed by atoms with E-state index in [0.717, 1.165) is 43.0 Å². The lowest BCUT2D eigenvalue weighted by atomic mass is 9.48. The van der Waals surface area contributed by atoms with Gasteiger partial charge in [0.15, 0.2) is 6.10 Å². The summed E-state index contributed by atoms with van der Waals surface area (Å²) in [5.41, 5.74) is 2.12. The highest BCUT2D eigenvalue weighted by Crippen LogP contribution is 2.68. The summed E-state index contributed by atoms with van der Waals surface area (Å²) in [6, 6.07) is 13.7. The molecule has 2 N–H and O–H groups in total. The minimum atomic E-state index is -0.948. The van der Waals surface area contributed by atoms with Crippen LogP contribution >= 0.6 is 0 Å². The third kappa shape index (κ3) is 3.14. The van der Waals surface area contributed by atoms with Crippen LogP contribution in [-0.4, -0.2) is 65.9 Å². The van der Waals surface area contributed by atoms with Crippen molar-refractivity contribution in [3.8, 4) is 5.75 Å². The Labute approximate surface area is 222 Å². The van der Waals surface area contributed by atoms with E-state index in [0.29, 0.717) is 37.5 Å². The van der Waals surface area contributed by atoms with E-state index in [9.17, 15) is 9.90 Å². The summed E-state index contributed by atoms with van der Waals surface area (Å²) in [5.74, 6) is 0.510. The van der Waals surface area contributed by atoms with Crippen molar-refractivity contribution in [2.24, 2.45) is 5.92 Å². The molecule has 200 valence electrons. The zero-order chi connectivity index (χ0) is 25.5. The second-order valence-electron chi connectivity index (χ2n) is 12.0. The third-order valence-electron chi connectivity index (χ3n) is 10.0. The number of anilines is 1. The fourth-order valence-electron chi connectivity index (χ4n) is 8.19. The topological polar surface area (TPSA) is 89.5 Å². The molecule has 2 spiro atoms. The van der Waals surface area contributed by atoms with Gasteiger partial charge in [0.05, 0.1) is 29.9 Å². The second-order valence-corrected chi connectivity index (χ2v) is 12.0. The highest BCUT2D eigenvalue weighted by atomic mass is 16.8. The maximum absolute atomic E-state index is 12.8. The van der Waals surface area contributed by atoms with Crippen molar-refractivity contribution in [3.05, 3.63) is 59.2 Å². The quantitative estimate of drug-likeness (QED) is 0.623. The van der Waals surface area contributed by atoms with Crippen LogP contribution in [0.15, 0.2) is 42.5 Å². The van der Waals surface area contributed by atoms with Crippen LogP contribution in [0.4, 0.5) is 10.5 Å². The number of hydrogen-bond donors (Lipinski definition) is 2. The van der Waals surface area contributed by atoms with Crippen LogP contribution in [0.1, 0.15) is 48.8 Å². The zero-order valence-electron chi connectivity index (χ0n) is 21.5. The number of carbonyl (C=O) groups is 1. The summed E-state index contributed by atoms with van der Waals surface area (Å²) >= 11 is 0. The number of benzene rings is 2. The third-order valence-corrected chi connectivity index (χ3v) is 10.0. The first-order valence-electron chi connectivity index (χ1n) is 14.1. The number of nitrogens with one attached hydrogen (secondary N) is 1. The highest BCUT2D eigenvalue weighted by molar-refractivity contribution is 5.88. The lowest BCUT2D eigenvalue weighted by Crippen LogP contribution is -2.79. The normalized spacial score (nSPS) is 34.0. The number of fused-ring (bicyclic) bond motifs is 1. The summed E-state index contributed by atoms with van der Waals surface area (Å²) in [6.45, 7) is 3.19. The molecule has 2 saturated carbocycles. The smallest absolute Gasteiger partial charge is 0.412 e. The van der Waals surface area contributed by atoms with Crippen molar-refractivity contribution < 1.29 is 28.8 Å². The molecule has 0 radical (unpaired) electrons. The van der Waals surface area contributed by atoms with Crippen molar-refractivity contribution in [3.63, 3.8) is 0 Å². The first kappa shape index (κ1) is 23.3. The van der Waals surface area contributed by atoms with Gasteiger partial charge in [-0.1, -0.05) is 36.4 Å². The molecule has 2 saturated heterocycles. The molecule has 0 aromatic heterocycles. The van der Waals surface area contributed by atoms with Crippen molar-refractivity contribution >= 4 is 11.8 Å². The molecule has 8 rings (SSSR count). The average Bonchev–Trinajstić information content (AvgIpc) is 3.48. The number of nitrogens with zero attached hydrogens (tertiary/aromatic N) is 1. The van der Waals surface area contributed by atoms with Crippen LogP contribution in [0, 0.1) is 5.92 Å². The first-order valence-corrected chi connectivity index (χ1v) is 14.1. The van der Waals surface area contributed by atoms with E-state index in [1.54, 1.807) is 0 Å². The molecule has 4 atom stereocenters. The molecule has 6 aliphatic rings. The largest absolute Gasteiger partial charge is 0.481 e. The van der Waals surface area contributed by atoms with Crippen LogP contribution in [0.3, 0.4) is 0 Å². The van der Waals surface area contributed by atoms with Gasteiger partial charge in [0.1, 0.15) is 12.4 Å². The molecule has 0 unspecified atom stereocenters. The Kier molecular flexibility index (Phi) is 5.00. The molecule has 1 amide bonds. The Hall–Kier alpha value is -2.65. The van der Waals surface area contributed by atoms with Gasteiger partial charge in [-0.25, -0.2) is 4.79 Å². The molecule has 8 heteroatoms. The van der Waals surface area contributed by atoms with Crippen LogP contribution < -0.4 is 10.1 Å². The molecule has 2 bridgehead atoms. The summed E-state index contributed by atoms with van der Waals surface area (Å²) < 4.78 is 24.9. The first-order chi connectivity index (χ1) is 18.5. The van der Waals surface area contributed by atoms with Crippen molar-refractivity contribution in [1.82, 2.24) is 4.90 Å². The molecule has 3 heterocycles. The van der Waals surface area contributed by atoms with Gasteiger partial charge < -0.3 is 24.1 Å². The lowest BCUT2D eigenvalue weighted by Gasteiger charge is -2.65. The van der Waals surface area contributed by atoms with Gasteiger partial charge in [-0.15, -0.1) is 0 Å². The maximum Gasteiger partial charge on any atom is 0.412 e. The van der Waals surface area contributed by atoms with Crippen LogP contribution in [0.5, 0.6) is 5.75 Å². The zero-order valence-corrected chi connectivity index (χ0v) is 21.5. The number of hydrogen-bond acceptors (Lipinski definition) is 7. The van der Waals surface area contributed by atoms with E-state index in [-0.39, 0.29) is 12.6 Å². The number of ether oxygens (including phenoxy) is 4. The van der Waals surface area contributed by atoms with E-state index < -0.39 is 29.0 Å². The van der Waals surface area contributed by atoms with Crippen molar-refractivity contribution in [1.29, 1.82) is 0 Å². The van der Waals surface area contributed by atoms with E-state index in [2.05, 4.69) is 16.3 Å². The predicted octanol–water partition coefficient (Wildman–Crippen LogP) is 3.74. The van der Waals surface area contributed by atoms with Gasteiger partial charge in [-0.2, -0.15) is 0 Å². The number of carbonyl (C=O) groups excluding carboxylic acids is 1. The van der Waals surface area contributed by atoms with Gasteiger partial charge in [0.2, 0.25) is 5.79 Å². The number of piperidine rings is 1. The number of aliphatic hydroxyl groups is 1. The Morgan fingerprint density at radius 2 is 1.89 bits per heavy atom. The van der Waals surface area contributed by atoms with Gasteiger partial charge in [-0.3, -0.25) is 10.2 Å². The van der Waals surface area contributed by atoms with Gasteiger partial charge in [0, 0.05) is 24.6 Å². The molecule has 38 heavy (non-hydrogen) atoms. The monoisotopic (exact) mass is 518 g/mol.